The lowest BCUT2D eigenvalue weighted by molar-refractivity contribution is -0.681. The number of para-hydroxylation sites is 2. The topological polar surface area (TPSA) is 38.1 Å². The zero-order chi connectivity index (χ0) is 15.4. The Balaban J connectivity index is 1.74. The van der Waals surface area contributed by atoms with Gasteiger partial charge >= 0.3 is 0 Å². The molecule has 4 nitrogen and oxygen atoms in total. The number of fused-ring (bicyclic) bond motifs is 1. The summed E-state index contributed by atoms with van der Waals surface area (Å²) in [5.74, 6) is 1.85. The predicted molar refractivity (Wildman–Crippen MR) is 86.2 cm³/mol. The molecule has 1 N–H and O–H groups in total. The minimum Gasteiger partial charge on any atom is -0.489 e. The molecule has 1 aromatic heterocycles. The first-order valence-electron chi connectivity index (χ1n) is 7.14. The van der Waals surface area contributed by atoms with Crippen molar-refractivity contribution >= 4 is 22.6 Å². The van der Waals surface area contributed by atoms with Crippen LogP contribution < -0.4 is 9.30 Å². The molecule has 1 heterocycles. The fraction of sp³-hybridized carbons (Fsp3) is 0.235. The monoisotopic (exact) mass is 317 g/mol. The van der Waals surface area contributed by atoms with Crippen LogP contribution >= 0.6 is 11.6 Å². The van der Waals surface area contributed by atoms with Crippen molar-refractivity contribution in [2.45, 2.75) is 13.2 Å². The van der Waals surface area contributed by atoms with E-state index < -0.39 is 0 Å². The molecule has 3 rings (SSSR count). The smallest absolute Gasteiger partial charge is 0.281 e. The molecule has 5 heteroatoms. The minimum absolute atomic E-state index is 0.537. The van der Waals surface area contributed by atoms with Crippen LogP contribution in [0.15, 0.2) is 48.5 Å². The summed E-state index contributed by atoms with van der Waals surface area (Å²) in [5, 5.41) is 0.709. The zero-order valence-electron chi connectivity index (χ0n) is 12.4. The van der Waals surface area contributed by atoms with Crippen LogP contribution in [-0.4, -0.2) is 18.7 Å². The van der Waals surface area contributed by atoms with E-state index in [1.54, 1.807) is 7.11 Å². The van der Waals surface area contributed by atoms with Crippen LogP contribution in [0.1, 0.15) is 5.82 Å². The van der Waals surface area contributed by atoms with Gasteiger partial charge in [-0.3, -0.25) is 0 Å². The molecule has 0 saturated heterocycles. The van der Waals surface area contributed by atoms with E-state index in [2.05, 4.69) is 21.7 Å². The van der Waals surface area contributed by atoms with Crippen molar-refractivity contribution in [2.75, 3.05) is 13.7 Å². The third-order valence-electron chi connectivity index (χ3n) is 3.48. The van der Waals surface area contributed by atoms with Crippen LogP contribution in [0.4, 0.5) is 0 Å². The lowest BCUT2D eigenvalue weighted by atomic mass is 10.3. The van der Waals surface area contributed by atoms with Gasteiger partial charge in [-0.15, -0.1) is 0 Å². The third-order valence-corrected chi connectivity index (χ3v) is 3.73. The predicted octanol–water partition coefficient (Wildman–Crippen LogP) is 3.33. The number of hydrogen-bond donors (Lipinski definition) is 1. The highest BCUT2D eigenvalue weighted by Crippen LogP contribution is 2.15. The van der Waals surface area contributed by atoms with Gasteiger partial charge in [0.2, 0.25) is 0 Å². The normalized spacial score (nSPS) is 11.0. The van der Waals surface area contributed by atoms with Gasteiger partial charge in [0, 0.05) is 12.1 Å². The van der Waals surface area contributed by atoms with Gasteiger partial charge < -0.3 is 9.47 Å². The average Bonchev–Trinajstić information content (AvgIpc) is 2.88. The summed E-state index contributed by atoms with van der Waals surface area (Å²) >= 11 is 5.87. The summed E-state index contributed by atoms with van der Waals surface area (Å²) in [6.45, 7) is 1.85. The van der Waals surface area contributed by atoms with Crippen molar-refractivity contribution in [1.82, 2.24) is 4.98 Å². The summed E-state index contributed by atoms with van der Waals surface area (Å²) in [4.78, 5) is 3.39. The van der Waals surface area contributed by atoms with E-state index in [9.17, 15) is 0 Å². The maximum atomic E-state index is 5.87. The lowest BCUT2D eigenvalue weighted by Crippen LogP contribution is -2.40. The summed E-state index contributed by atoms with van der Waals surface area (Å²) in [6, 6.07) is 15.6. The molecule has 0 fully saturated rings. The molecular formula is C17H18ClN2O2+. The zero-order valence-corrected chi connectivity index (χ0v) is 13.1. The van der Waals surface area contributed by atoms with Crippen molar-refractivity contribution in [3.8, 4) is 5.75 Å². The second-order valence-electron chi connectivity index (χ2n) is 4.98. The van der Waals surface area contributed by atoms with Gasteiger partial charge in [0.15, 0.2) is 11.0 Å². The van der Waals surface area contributed by atoms with Gasteiger partial charge in [-0.2, -0.15) is 0 Å². The number of hydrogen-bond acceptors (Lipinski definition) is 2. The maximum absolute atomic E-state index is 5.87. The van der Waals surface area contributed by atoms with Crippen LogP contribution in [0.3, 0.4) is 0 Å². The van der Waals surface area contributed by atoms with Gasteiger partial charge in [-0.05, 0) is 36.4 Å². The fourth-order valence-corrected chi connectivity index (χ4v) is 2.60. The van der Waals surface area contributed by atoms with E-state index in [0.717, 1.165) is 29.2 Å². The number of ether oxygens (including phenoxy) is 2. The Hall–Kier alpha value is -2.04. The molecule has 0 aliphatic carbocycles. The van der Waals surface area contributed by atoms with Crippen molar-refractivity contribution < 1.29 is 14.0 Å². The molecule has 0 atom stereocenters. The molecule has 0 aliphatic heterocycles. The van der Waals surface area contributed by atoms with Crippen LogP contribution in [0.5, 0.6) is 5.75 Å². The molecule has 0 saturated carbocycles. The Bertz CT molecular complexity index is 753. The van der Waals surface area contributed by atoms with E-state index >= 15 is 0 Å². The number of benzene rings is 2. The Kier molecular flexibility index (Phi) is 4.61. The van der Waals surface area contributed by atoms with E-state index in [-0.39, 0.29) is 0 Å². The van der Waals surface area contributed by atoms with E-state index in [1.165, 1.54) is 0 Å². The number of aromatic amines is 1. The largest absolute Gasteiger partial charge is 0.489 e. The molecule has 0 amide bonds. The average molecular weight is 318 g/mol. The molecule has 114 valence electrons. The molecule has 0 radical (unpaired) electrons. The third kappa shape index (κ3) is 3.24. The highest BCUT2D eigenvalue weighted by molar-refractivity contribution is 6.30. The number of aromatic nitrogens is 2. The molecule has 0 spiro atoms. The Morgan fingerprint density at radius 3 is 2.64 bits per heavy atom. The van der Waals surface area contributed by atoms with E-state index in [1.807, 2.05) is 36.4 Å². The fourth-order valence-electron chi connectivity index (χ4n) is 2.47. The van der Waals surface area contributed by atoms with Crippen LogP contribution in [0.2, 0.25) is 5.02 Å². The van der Waals surface area contributed by atoms with Crippen molar-refractivity contribution in [3.63, 3.8) is 0 Å². The highest BCUT2D eigenvalue weighted by Gasteiger charge is 2.17. The number of nitrogens with zero attached hydrogens (tertiary/aromatic N) is 1. The molecule has 0 bridgehead atoms. The second kappa shape index (κ2) is 6.81. The van der Waals surface area contributed by atoms with Crippen LogP contribution in [0, 0.1) is 0 Å². The quantitative estimate of drug-likeness (QED) is 0.708. The van der Waals surface area contributed by atoms with Gasteiger partial charge in [0.1, 0.15) is 25.5 Å². The summed E-state index contributed by atoms with van der Waals surface area (Å²) in [7, 11) is 1.69. The maximum Gasteiger partial charge on any atom is 0.281 e. The number of H-pyrrole nitrogens is 1. The lowest BCUT2D eigenvalue weighted by Gasteiger charge is -2.06. The van der Waals surface area contributed by atoms with Crippen LogP contribution in [-0.2, 0) is 17.9 Å². The Labute approximate surface area is 134 Å². The SMILES string of the molecule is COCc1[nH]c2ccccc2[n+]1CCOc1ccc(Cl)cc1. The standard InChI is InChI=1S/C17H17ClN2O2/c1-21-12-17-19-15-4-2-3-5-16(15)20(17)10-11-22-14-8-6-13(18)7-9-14/h2-9H,10-12H2,1H3/p+1. The summed E-state index contributed by atoms with van der Waals surface area (Å²) in [6.07, 6.45) is 0. The first-order valence-corrected chi connectivity index (χ1v) is 7.52. The Morgan fingerprint density at radius 2 is 1.86 bits per heavy atom. The summed E-state index contributed by atoms with van der Waals surface area (Å²) < 4.78 is 13.2. The Morgan fingerprint density at radius 1 is 1.09 bits per heavy atom. The summed E-state index contributed by atoms with van der Waals surface area (Å²) in [5.41, 5.74) is 2.25. The van der Waals surface area contributed by atoms with E-state index in [0.29, 0.717) is 18.2 Å². The van der Waals surface area contributed by atoms with Gasteiger partial charge in [0.25, 0.3) is 5.82 Å². The van der Waals surface area contributed by atoms with Gasteiger partial charge in [-0.1, -0.05) is 23.7 Å². The number of nitrogens with one attached hydrogen (secondary N) is 1. The van der Waals surface area contributed by atoms with Gasteiger partial charge in [-0.25, -0.2) is 9.55 Å². The highest BCUT2D eigenvalue weighted by atomic mass is 35.5. The number of imidazole rings is 1. The first-order chi connectivity index (χ1) is 10.8. The number of methoxy groups -OCH3 is 1. The second-order valence-corrected chi connectivity index (χ2v) is 5.41. The molecule has 2 aromatic carbocycles. The van der Waals surface area contributed by atoms with Crippen molar-refractivity contribution in [3.05, 3.63) is 59.4 Å². The number of rotatable bonds is 6. The van der Waals surface area contributed by atoms with Crippen molar-refractivity contribution in [2.24, 2.45) is 0 Å². The van der Waals surface area contributed by atoms with E-state index in [4.69, 9.17) is 21.1 Å². The molecular weight excluding hydrogens is 300 g/mol. The molecule has 0 unspecified atom stereocenters. The number of halogens is 1. The van der Waals surface area contributed by atoms with Crippen molar-refractivity contribution in [1.29, 1.82) is 0 Å². The van der Waals surface area contributed by atoms with Gasteiger partial charge in [0.05, 0.1) is 0 Å². The molecule has 0 aliphatic rings. The minimum atomic E-state index is 0.537. The first kappa shape index (κ1) is 14.9. The molecule has 3 aromatic rings. The van der Waals surface area contributed by atoms with Crippen LogP contribution in [0.25, 0.3) is 11.0 Å². The molecule has 22 heavy (non-hydrogen) atoms.